The maximum absolute atomic E-state index is 5.50. The smallest absolute Gasteiger partial charge is 0.142 e. The average Bonchev–Trinajstić information content (AvgIpc) is 3.10. The van der Waals surface area contributed by atoms with E-state index in [1.54, 1.807) is 7.11 Å². The van der Waals surface area contributed by atoms with Gasteiger partial charge in [0.05, 0.1) is 28.0 Å². The highest BCUT2D eigenvalue weighted by Crippen LogP contribution is 2.28. The Labute approximate surface area is 152 Å². The van der Waals surface area contributed by atoms with Crippen molar-refractivity contribution in [2.75, 3.05) is 44.7 Å². The lowest BCUT2D eigenvalue weighted by atomic mass is 10.2. The molecule has 25 heavy (non-hydrogen) atoms. The number of hydrogen-bond acceptors (Lipinski definition) is 5. The molecule has 4 rings (SSSR count). The van der Waals surface area contributed by atoms with Crippen molar-refractivity contribution in [1.29, 1.82) is 0 Å². The number of aromatic nitrogens is 1. The Morgan fingerprint density at radius 3 is 2.56 bits per heavy atom. The quantitative estimate of drug-likeness (QED) is 0.700. The third-order valence-electron chi connectivity index (χ3n) is 4.78. The number of para-hydroxylation sites is 3. The number of hydrogen-bond donors (Lipinski definition) is 0. The van der Waals surface area contributed by atoms with Crippen molar-refractivity contribution in [3.8, 4) is 5.75 Å². The number of nitrogens with zero attached hydrogens (tertiary/aromatic N) is 3. The van der Waals surface area contributed by atoms with Crippen LogP contribution in [-0.4, -0.2) is 49.7 Å². The van der Waals surface area contributed by atoms with Crippen LogP contribution in [0.25, 0.3) is 10.2 Å². The number of thiazole rings is 1. The predicted octanol–water partition coefficient (Wildman–Crippen LogP) is 3.67. The van der Waals surface area contributed by atoms with Gasteiger partial charge in [-0.1, -0.05) is 24.3 Å². The largest absolute Gasteiger partial charge is 0.495 e. The summed E-state index contributed by atoms with van der Waals surface area (Å²) in [5.74, 6) is 0.963. The van der Waals surface area contributed by atoms with Gasteiger partial charge in [-0.2, -0.15) is 0 Å². The number of benzene rings is 2. The second-order valence-electron chi connectivity index (χ2n) is 6.33. The first kappa shape index (κ1) is 16.4. The van der Waals surface area contributed by atoms with E-state index in [9.17, 15) is 0 Å². The molecule has 1 fully saturated rings. The fourth-order valence-electron chi connectivity index (χ4n) is 3.38. The molecule has 1 saturated heterocycles. The van der Waals surface area contributed by atoms with E-state index in [1.165, 1.54) is 15.4 Å². The van der Waals surface area contributed by atoms with Gasteiger partial charge in [0.1, 0.15) is 5.75 Å². The summed E-state index contributed by atoms with van der Waals surface area (Å²) in [5, 5.41) is 1.24. The third-order valence-corrected chi connectivity index (χ3v) is 5.87. The Hall–Kier alpha value is -2.11. The van der Waals surface area contributed by atoms with E-state index >= 15 is 0 Å². The molecule has 0 bridgehead atoms. The molecule has 1 aliphatic heterocycles. The predicted molar refractivity (Wildman–Crippen MR) is 105 cm³/mol. The molecule has 2 aromatic carbocycles. The molecule has 5 heteroatoms. The minimum Gasteiger partial charge on any atom is -0.495 e. The molecule has 4 nitrogen and oxygen atoms in total. The molecule has 0 N–H and O–H groups in total. The van der Waals surface area contributed by atoms with E-state index in [0.717, 1.165) is 50.4 Å². The summed E-state index contributed by atoms with van der Waals surface area (Å²) in [4.78, 5) is 9.71. The minimum absolute atomic E-state index is 0.963. The Balaban J connectivity index is 1.33. The maximum Gasteiger partial charge on any atom is 0.142 e. The first-order valence-electron chi connectivity index (χ1n) is 8.78. The lowest BCUT2D eigenvalue weighted by molar-refractivity contribution is 0.260. The van der Waals surface area contributed by atoms with Gasteiger partial charge in [-0.05, 0) is 24.3 Å². The second kappa shape index (κ2) is 7.42. The summed E-state index contributed by atoms with van der Waals surface area (Å²) < 4.78 is 6.79. The van der Waals surface area contributed by atoms with Crippen LogP contribution in [0.5, 0.6) is 5.75 Å². The Kier molecular flexibility index (Phi) is 4.85. The molecule has 0 saturated carbocycles. The van der Waals surface area contributed by atoms with Gasteiger partial charge in [0, 0.05) is 39.1 Å². The molecular formula is C20H23N3OS. The lowest BCUT2D eigenvalue weighted by Gasteiger charge is -2.36. The topological polar surface area (TPSA) is 28.6 Å². The van der Waals surface area contributed by atoms with Crippen molar-refractivity contribution >= 4 is 27.2 Å². The van der Waals surface area contributed by atoms with Crippen molar-refractivity contribution in [3.05, 3.63) is 53.5 Å². The summed E-state index contributed by atoms with van der Waals surface area (Å²) in [5.41, 5.74) is 2.33. The Bertz CT molecular complexity index is 807. The van der Waals surface area contributed by atoms with Crippen molar-refractivity contribution < 1.29 is 4.74 Å². The van der Waals surface area contributed by atoms with Gasteiger partial charge in [-0.25, -0.2) is 4.98 Å². The number of rotatable bonds is 5. The molecule has 0 amide bonds. The summed E-state index contributed by atoms with van der Waals surface area (Å²) >= 11 is 1.82. The van der Waals surface area contributed by atoms with E-state index in [-0.39, 0.29) is 0 Å². The highest BCUT2D eigenvalue weighted by atomic mass is 32.1. The monoisotopic (exact) mass is 353 g/mol. The van der Waals surface area contributed by atoms with Crippen LogP contribution in [-0.2, 0) is 6.42 Å². The van der Waals surface area contributed by atoms with Crippen LogP contribution in [0, 0.1) is 0 Å². The standard InChI is InChI=1S/C20H23N3OS/c1-24-18-8-4-3-7-17(18)23-14-12-22(13-15-23)11-10-20-21-16-6-2-5-9-19(16)25-20/h2-9H,10-15H2,1H3. The first-order valence-corrected chi connectivity index (χ1v) is 9.60. The van der Waals surface area contributed by atoms with Gasteiger partial charge in [-0.3, -0.25) is 4.90 Å². The van der Waals surface area contributed by atoms with E-state index < -0.39 is 0 Å². The van der Waals surface area contributed by atoms with Gasteiger partial charge in [0.25, 0.3) is 0 Å². The normalized spacial score (nSPS) is 15.6. The van der Waals surface area contributed by atoms with Crippen LogP contribution in [0.1, 0.15) is 5.01 Å². The SMILES string of the molecule is COc1ccccc1N1CCN(CCc2nc3ccccc3s2)CC1. The molecule has 0 unspecified atom stereocenters. The van der Waals surface area contributed by atoms with Gasteiger partial charge in [0.2, 0.25) is 0 Å². The summed E-state index contributed by atoms with van der Waals surface area (Å²) in [6.07, 6.45) is 1.04. The fraction of sp³-hybridized carbons (Fsp3) is 0.350. The van der Waals surface area contributed by atoms with Crippen molar-refractivity contribution in [1.82, 2.24) is 9.88 Å². The zero-order chi connectivity index (χ0) is 17.1. The molecule has 1 aromatic heterocycles. The van der Waals surface area contributed by atoms with Gasteiger partial charge in [-0.15, -0.1) is 11.3 Å². The molecule has 0 radical (unpaired) electrons. The number of anilines is 1. The summed E-state index contributed by atoms with van der Waals surface area (Å²) in [7, 11) is 1.74. The second-order valence-corrected chi connectivity index (χ2v) is 7.44. The van der Waals surface area contributed by atoms with Gasteiger partial charge in [0.15, 0.2) is 0 Å². The van der Waals surface area contributed by atoms with Crippen LogP contribution >= 0.6 is 11.3 Å². The number of fused-ring (bicyclic) bond motifs is 1. The van der Waals surface area contributed by atoms with Crippen molar-refractivity contribution in [2.24, 2.45) is 0 Å². The van der Waals surface area contributed by atoms with E-state index in [2.05, 4.69) is 46.2 Å². The minimum atomic E-state index is 0.963. The zero-order valence-electron chi connectivity index (χ0n) is 14.5. The molecule has 2 heterocycles. The molecule has 1 aliphatic rings. The highest BCUT2D eigenvalue weighted by Gasteiger charge is 2.19. The molecule has 3 aromatic rings. The van der Waals surface area contributed by atoms with Crippen LogP contribution in [0.2, 0.25) is 0 Å². The number of ether oxygens (including phenoxy) is 1. The maximum atomic E-state index is 5.50. The lowest BCUT2D eigenvalue weighted by Crippen LogP contribution is -2.47. The van der Waals surface area contributed by atoms with Crippen molar-refractivity contribution in [2.45, 2.75) is 6.42 Å². The zero-order valence-corrected chi connectivity index (χ0v) is 15.3. The van der Waals surface area contributed by atoms with Crippen LogP contribution in [0.15, 0.2) is 48.5 Å². The molecule has 0 aliphatic carbocycles. The van der Waals surface area contributed by atoms with Crippen LogP contribution in [0.4, 0.5) is 5.69 Å². The number of piperazine rings is 1. The Morgan fingerprint density at radius 2 is 1.76 bits per heavy atom. The first-order chi connectivity index (χ1) is 12.3. The van der Waals surface area contributed by atoms with Gasteiger partial charge < -0.3 is 9.64 Å². The Morgan fingerprint density at radius 1 is 1.00 bits per heavy atom. The van der Waals surface area contributed by atoms with E-state index in [0.29, 0.717) is 0 Å². The average molecular weight is 353 g/mol. The molecule has 0 atom stereocenters. The summed E-state index contributed by atoms with van der Waals surface area (Å²) in [6.45, 7) is 5.34. The fourth-order valence-corrected chi connectivity index (χ4v) is 4.34. The van der Waals surface area contributed by atoms with E-state index in [4.69, 9.17) is 9.72 Å². The van der Waals surface area contributed by atoms with Crippen molar-refractivity contribution in [3.63, 3.8) is 0 Å². The number of methoxy groups -OCH3 is 1. The molecule has 130 valence electrons. The van der Waals surface area contributed by atoms with Gasteiger partial charge >= 0.3 is 0 Å². The van der Waals surface area contributed by atoms with E-state index in [1.807, 2.05) is 23.5 Å². The third kappa shape index (κ3) is 3.62. The van der Waals surface area contributed by atoms with Crippen LogP contribution < -0.4 is 9.64 Å². The molecule has 0 spiro atoms. The molecular weight excluding hydrogens is 330 g/mol. The van der Waals surface area contributed by atoms with Crippen LogP contribution in [0.3, 0.4) is 0 Å². The highest BCUT2D eigenvalue weighted by molar-refractivity contribution is 7.18. The summed E-state index contributed by atoms with van der Waals surface area (Å²) in [6, 6.07) is 16.7.